The molecule has 8 nitrogen and oxygen atoms in total. The average Bonchev–Trinajstić information content (AvgIpc) is 3.70. The number of fused-ring (bicyclic) bond motifs is 2. The van der Waals surface area contributed by atoms with E-state index in [0.717, 1.165) is 10.8 Å². The molecule has 3 aliphatic rings. The summed E-state index contributed by atoms with van der Waals surface area (Å²) in [5.41, 5.74) is 0.184. The van der Waals surface area contributed by atoms with Gasteiger partial charge in [-0.05, 0) is 53.8 Å². The molecule has 1 N–H and O–H groups in total. The van der Waals surface area contributed by atoms with E-state index in [0.29, 0.717) is 24.2 Å². The van der Waals surface area contributed by atoms with Crippen LogP contribution in [-0.4, -0.2) is 71.2 Å². The Hall–Kier alpha value is -4.27. The Morgan fingerprint density at radius 2 is 1.60 bits per heavy atom. The number of carbonyl (C=O) groups is 3. The van der Waals surface area contributed by atoms with Crippen LogP contribution < -0.4 is 9.80 Å². The van der Waals surface area contributed by atoms with E-state index in [4.69, 9.17) is 4.74 Å². The fraction of sp³-hybridized carbons (Fsp3) is 0.378. The third-order valence-electron chi connectivity index (χ3n) is 9.84. The Morgan fingerprint density at radius 3 is 2.24 bits per heavy atom. The van der Waals surface area contributed by atoms with Crippen LogP contribution in [0.3, 0.4) is 0 Å². The van der Waals surface area contributed by atoms with Crippen molar-refractivity contribution in [1.82, 2.24) is 4.90 Å². The summed E-state index contributed by atoms with van der Waals surface area (Å²) in [6.07, 6.45) is 3.85. The van der Waals surface area contributed by atoms with Gasteiger partial charge < -0.3 is 24.5 Å². The second-order valence-electron chi connectivity index (χ2n) is 12.6. The summed E-state index contributed by atoms with van der Waals surface area (Å²) >= 11 is 0. The van der Waals surface area contributed by atoms with E-state index in [9.17, 15) is 19.5 Å². The summed E-state index contributed by atoms with van der Waals surface area (Å²) < 4.78 is 6.73. The van der Waals surface area contributed by atoms with Gasteiger partial charge in [-0.2, -0.15) is 0 Å². The largest absolute Gasteiger partial charge is 0.394 e. The number of amides is 3. The summed E-state index contributed by atoms with van der Waals surface area (Å²) in [4.78, 5) is 48.9. The third-order valence-corrected chi connectivity index (χ3v) is 9.84. The lowest BCUT2D eigenvalue weighted by atomic mass is 9.70. The van der Waals surface area contributed by atoms with Crippen LogP contribution in [0.1, 0.15) is 26.7 Å². The Labute approximate surface area is 264 Å². The van der Waals surface area contributed by atoms with E-state index < -0.39 is 35.6 Å². The monoisotopic (exact) mass is 607 g/mol. The predicted octanol–water partition coefficient (Wildman–Crippen LogP) is 4.97. The first-order valence-corrected chi connectivity index (χ1v) is 15.8. The van der Waals surface area contributed by atoms with Crippen molar-refractivity contribution in [1.29, 1.82) is 0 Å². The van der Waals surface area contributed by atoms with Crippen molar-refractivity contribution >= 4 is 39.9 Å². The summed E-state index contributed by atoms with van der Waals surface area (Å²) in [5, 5.41) is 12.6. The average molecular weight is 608 g/mol. The smallest absolute Gasteiger partial charge is 0.253 e. The first kappa shape index (κ1) is 30.7. The van der Waals surface area contributed by atoms with Gasteiger partial charge in [-0.1, -0.05) is 74.5 Å². The van der Waals surface area contributed by atoms with E-state index in [-0.39, 0.29) is 43.3 Å². The zero-order valence-electron chi connectivity index (χ0n) is 25.9. The van der Waals surface area contributed by atoms with Crippen molar-refractivity contribution in [2.75, 3.05) is 29.5 Å². The van der Waals surface area contributed by atoms with Gasteiger partial charge in [0.15, 0.2) is 0 Å². The van der Waals surface area contributed by atoms with Gasteiger partial charge in [0.05, 0.1) is 30.6 Å². The van der Waals surface area contributed by atoms with Crippen molar-refractivity contribution in [2.45, 2.75) is 50.5 Å². The van der Waals surface area contributed by atoms with Crippen LogP contribution in [0.15, 0.2) is 98.1 Å². The molecule has 1 spiro atoms. The molecule has 0 radical (unpaired) electrons. The van der Waals surface area contributed by atoms with Crippen LogP contribution in [0.2, 0.25) is 0 Å². The van der Waals surface area contributed by atoms with E-state index >= 15 is 0 Å². The highest BCUT2D eigenvalue weighted by Crippen LogP contribution is 2.59. The maximum atomic E-state index is 14.9. The molecule has 0 aromatic heterocycles. The lowest BCUT2D eigenvalue weighted by molar-refractivity contribution is -0.145. The van der Waals surface area contributed by atoms with Crippen LogP contribution in [0.25, 0.3) is 10.8 Å². The lowest BCUT2D eigenvalue weighted by Crippen LogP contribution is -2.59. The van der Waals surface area contributed by atoms with E-state index in [2.05, 4.69) is 13.2 Å². The highest BCUT2D eigenvalue weighted by molar-refractivity contribution is 6.07. The maximum absolute atomic E-state index is 14.9. The number of rotatable bonds is 11. The van der Waals surface area contributed by atoms with Crippen LogP contribution in [-0.2, 0) is 19.1 Å². The summed E-state index contributed by atoms with van der Waals surface area (Å²) in [6.45, 7) is 11.8. The molecule has 3 aromatic rings. The molecular weight excluding hydrogens is 566 g/mol. The van der Waals surface area contributed by atoms with E-state index in [1.165, 1.54) is 0 Å². The Morgan fingerprint density at radius 1 is 0.956 bits per heavy atom. The minimum Gasteiger partial charge on any atom is -0.394 e. The number of hydrogen-bond donors (Lipinski definition) is 1. The highest BCUT2D eigenvalue weighted by Gasteiger charge is 2.75. The van der Waals surface area contributed by atoms with Crippen LogP contribution in [0.4, 0.5) is 11.4 Å². The van der Waals surface area contributed by atoms with Gasteiger partial charge in [0.2, 0.25) is 11.8 Å². The highest BCUT2D eigenvalue weighted by atomic mass is 16.5. The van der Waals surface area contributed by atoms with Gasteiger partial charge in [0, 0.05) is 24.5 Å². The van der Waals surface area contributed by atoms with Crippen molar-refractivity contribution < 1.29 is 24.2 Å². The van der Waals surface area contributed by atoms with Crippen molar-refractivity contribution in [3.63, 3.8) is 0 Å². The SMILES string of the molecule is C=CCN(C(=O)C1N([C@@H](CO)C(C)C)C(=O)[C@@H]2[C@@H](C(=O)N(CC=C)c3ccccc3)[C@H]3CCC12O3)c1ccc2ccccc2c1. The summed E-state index contributed by atoms with van der Waals surface area (Å²) in [5.74, 6) is -2.62. The topological polar surface area (TPSA) is 90.4 Å². The van der Waals surface area contributed by atoms with E-state index in [1.807, 2.05) is 86.6 Å². The van der Waals surface area contributed by atoms with Crippen molar-refractivity contribution in [2.24, 2.45) is 17.8 Å². The standard InChI is InChI=1S/C37H41N3O5/c1-5-20-38(27-14-8-7-9-15-27)34(42)31-30-18-19-37(45-30)32(31)35(43)40(29(23-41)24(3)4)33(37)36(44)39(21-6-2)28-17-16-25-12-10-11-13-26(25)22-28/h5-17,22,24,29-33,41H,1-2,18-21,23H2,3-4H3/t29-,30+,31-,32-,33?,37?/m0/s1. The number of ether oxygens (including phenoxy) is 1. The van der Waals surface area contributed by atoms with Crippen LogP contribution in [0, 0.1) is 17.8 Å². The van der Waals surface area contributed by atoms with E-state index in [1.54, 1.807) is 26.9 Å². The minimum atomic E-state index is -1.20. The second kappa shape index (κ2) is 12.3. The fourth-order valence-electron chi connectivity index (χ4n) is 7.81. The molecule has 6 rings (SSSR count). The first-order valence-electron chi connectivity index (χ1n) is 15.8. The zero-order chi connectivity index (χ0) is 31.9. The number of anilines is 2. The molecule has 6 atom stereocenters. The number of aliphatic hydroxyl groups is 1. The third kappa shape index (κ3) is 4.96. The van der Waals surface area contributed by atoms with Gasteiger partial charge in [-0.3, -0.25) is 14.4 Å². The molecule has 0 aliphatic carbocycles. The Kier molecular flexibility index (Phi) is 8.37. The van der Waals surface area contributed by atoms with Gasteiger partial charge in [0.25, 0.3) is 5.91 Å². The summed E-state index contributed by atoms with van der Waals surface area (Å²) in [6, 6.07) is 21.4. The van der Waals surface area contributed by atoms with Gasteiger partial charge in [-0.15, -0.1) is 13.2 Å². The number of hydrogen-bond acceptors (Lipinski definition) is 5. The van der Waals surface area contributed by atoms with Crippen LogP contribution >= 0.6 is 0 Å². The molecule has 8 heteroatoms. The molecule has 3 heterocycles. The molecule has 3 aromatic carbocycles. The molecule has 2 bridgehead atoms. The maximum Gasteiger partial charge on any atom is 0.253 e. The Bertz CT molecular complexity index is 1620. The number of para-hydroxylation sites is 1. The van der Waals surface area contributed by atoms with Gasteiger partial charge in [-0.25, -0.2) is 0 Å². The number of likely N-dealkylation sites (tertiary alicyclic amines) is 1. The fourth-order valence-corrected chi connectivity index (χ4v) is 7.81. The number of aliphatic hydroxyl groups excluding tert-OH is 1. The zero-order valence-corrected chi connectivity index (χ0v) is 25.9. The summed E-state index contributed by atoms with van der Waals surface area (Å²) in [7, 11) is 0. The first-order chi connectivity index (χ1) is 21.8. The van der Waals surface area contributed by atoms with Gasteiger partial charge in [0.1, 0.15) is 11.6 Å². The molecule has 3 amide bonds. The second-order valence-corrected chi connectivity index (χ2v) is 12.6. The molecule has 3 aliphatic heterocycles. The molecular formula is C37H41N3O5. The molecule has 45 heavy (non-hydrogen) atoms. The molecule has 0 saturated carbocycles. The molecule has 3 fully saturated rings. The lowest BCUT2D eigenvalue weighted by Gasteiger charge is -2.40. The quantitative estimate of drug-likeness (QED) is 0.311. The normalized spacial score (nSPS) is 25.8. The minimum absolute atomic E-state index is 0.147. The number of benzene rings is 3. The Balaban J connectivity index is 1.45. The van der Waals surface area contributed by atoms with Crippen molar-refractivity contribution in [3.8, 4) is 0 Å². The number of nitrogens with zero attached hydrogens (tertiary/aromatic N) is 3. The van der Waals surface area contributed by atoms with Gasteiger partial charge >= 0.3 is 0 Å². The van der Waals surface area contributed by atoms with Crippen LogP contribution in [0.5, 0.6) is 0 Å². The van der Waals surface area contributed by atoms with Crippen molar-refractivity contribution in [3.05, 3.63) is 98.1 Å². The predicted molar refractivity (Wildman–Crippen MR) is 176 cm³/mol. The molecule has 2 unspecified atom stereocenters. The molecule has 234 valence electrons. The molecule has 3 saturated heterocycles. The number of carbonyl (C=O) groups excluding carboxylic acids is 3.